The first-order chi connectivity index (χ1) is 11.9. The molecule has 0 spiro atoms. The molecule has 2 N–H and O–H groups in total. The molecule has 0 aliphatic heterocycles. The molecule has 0 saturated carbocycles. The van der Waals surface area contributed by atoms with Crippen LogP contribution in [0.25, 0.3) is 6.08 Å². The summed E-state index contributed by atoms with van der Waals surface area (Å²) < 4.78 is 10.9. The van der Waals surface area contributed by atoms with Crippen LogP contribution in [-0.2, 0) is 11.4 Å². The monoisotopic (exact) mass is 362 g/mol. The van der Waals surface area contributed by atoms with Crippen molar-refractivity contribution in [3.8, 4) is 11.5 Å². The maximum atomic E-state index is 10.8. The van der Waals surface area contributed by atoms with Gasteiger partial charge in [-0.05, 0) is 29.8 Å². The molecule has 0 radical (unpaired) electrons. The van der Waals surface area contributed by atoms with Gasteiger partial charge in [-0.3, -0.25) is 14.9 Å². The maximum Gasteiger partial charge on any atom is 0.271 e. The summed E-state index contributed by atoms with van der Waals surface area (Å²) in [5.74, 6) is 0.355. The quantitative estimate of drug-likeness (QED) is 0.462. The standard InChI is InChI=1S/C17H15ClN2O5/c1-24-15-5-2-11(3-7-17(19)21)8-12(15)10-25-16-6-4-13(20(22)23)9-14(16)18/h2-9H,10H2,1H3,(H2,19,21)/b7-3-. The van der Waals surface area contributed by atoms with E-state index >= 15 is 0 Å². The molecule has 2 aromatic rings. The van der Waals surface area contributed by atoms with E-state index in [1.165, 1.54) is 31.4 Å². The number of hydrogen-bond acceptors (Lipinski definition) is 5. The third-order valence-electron chi connectivity index (χ3n) is 3.25. The second-order valence-electron chi connectivity index (χ2n) is 4.97. The summed E-state index contributed by atoms with van der Waals surface area (Å²) in [7, 11) is 1.52. The molecule has 0 fully saturated rings. The number of rotatable bonds is 7. The van der Waals surface area contributed by atoms with Crippen LogP contribution in [0.2, 0.25) is 5.02 Å². The minimum atomic E-state index is -0.550. The number of carbonyl (C=O) groups excluding carboxylic acids is 1. The van der Waals surface area contributed by atoms with Gasteiger partial charge < -0.3 is 15.2 Å². The van der Waals surface area contributed by atoms with Crippen LogP contribution in [0.5, 0.6) is 11.5 Å². The van der Waals surface area contributed by atoms with Crippen molar-refractivity contribution in [1.82, 2.24) is 0 Å². The van der Waals surface area contributed by atoms with Crippen molar-refractivity contribution < 1.29 is 19.2 Å². The minimum absolute atomic E-state index is 0.117. The van der Waals surface area contributed by atoms with Gasteiger partial charge in [0.05, 0.1) is 17.1 Å². The number of nitro benzene ring substituents is 1. The van der Waals surface area contributed by atoms with Crippen molar-refractivity contribution in [2.24, 2.45) is 5.73 Å². The molecule has 1 amide bonds. The van der Waals surface area contributed by atoms with Crippen molar-refractivity contribution in [3.63, 3.8) is 0 Å². The summed E-state index contributed by atoms with van der Waals surface area (Å²) in [4.78, 5) is 21.0. The zero-order valence-electron chi connectivity index (χ0n) is 13.3. The van der Waals surface area contributed by atoms with E-state index in [0.717, 1.165) is 5.56 Å². The maximum absolute atomic E-state index is 10.8. The van der Waals surface area contributed by atoms with E-state index < -0.39 is 10.8 Å². The fourth-order valence-electron chi connectivity index (χ4n) is 2.07. The van der Waals surface area contributed by atoms with Crippen molar-refractivity contribution >= 4 is 29.3 Å². The SMILES string of the molecule is COc1ccc(/C=C\C(N)=O)cc1COc1ccc([N+](=O)[O-])cc1Cl. The van der Waals surface area contributed by atoms with E-state index in [0.29, 0.717) is 17.1 Å². The van der Waals surface area contributed by atoms with Crippen LogP contribution in [0.3, 0.4) is 0 Å². The largest absolute Gasteiger partial charge is 0.496 e. The van der Waals surface area contributed by atoms with Gasteiger partial charge in [-0.15, -0.1) is 0 Å². The lowest BCUT2D eigenvalue weighted by atomic mass is 10.1. The summed E-state index contributed by atoms with van der Waals surface area (Å²) >= 11 is 6.01. The van der Waals surface area contributed by atoms with Crippen molar-refractivity contribution in [3.05, 3.63) is 68.7 Å². The number of nitrogens with zero attached hydrogens (tertiary/aromatic N) is 1. The molecule has 0 bridgehead atoms. The number of nitro groups is 1. The van der Waals surface area contributed by atoms with Crippen molar-refractivity contribution in [2.45, 2.75) is 6.61 Å². The van der Waals surface area contributed by atoms with Crippen LogP contribution in [0.4, 0.5) is 5.69 Å². The first-order valence-corrected chi connectivity index (χ1v) is 7.49. The molecule has 0 aromatic heterocycles. The molecule has 0 heterocycles. The number of amides is 1. The molecular weight excluding hydrogens is 348 g/mol. The van der Waals surface area contributed by atoms with Gasteiger partial charge in [0.1, 0.15) is 18.1 Å². The van der Waals surface area contributed by atoms with Crippen molar-refractivity contribution in [1.29, 1.82) is 0 Å². The lowest BCUT2D eigenvalue weighted by molar-refractivity contribution is -0.384. The van der Waals surface area contributed by atoms with Gasteiger partial charge in [-0.2, -0.15) is 0 Å². The zero-order valence-corrected chi connectivity index (χ0v) is 14.0. The van der Waals surface area contributed by atoms with Gasteiger partial charge in [0.2, 0.25) is 5.91 Å². The number of carbonyl (C=O) groups is 1. The molecule has 8 heteroatoms. The first-order valence-electron chi connectivity index (χ1n) is 7.12. The van der Waals surface area contributed by atoms with Crippen LogP contribution in [0.1, 0.15) is 11.1 Å². The molecule has 130 valence electrons. The Hall–Kier alpha value is -3.06. The normalized spacial score (nSPS) is 10.6. The van der Waals surface area contributed by atoms with Crippen molar-refractivity contribution in [2.75, 3.05) is 7.11 Å². The van der Waals surface area contributed by atoms with Gasteiger partial charge in [-0.1, -0.05) is 17.7 Å². The van der Waals surface area contributed by atoms with E-state index in [-0.39, 0.29) is 17.3 Å². The summed E-state index contributed by atoms with van der Waals surface area (Å²) in [6.45, 7) is 0.124. The highest BCUT2D eigenvalue weighted by Gasteiger charge is 2.11. The fraction of sp³-hybridized carbons (Fsp3) is 0.118. The topological polar surface area (TPSA) is 105 Å². The number of ether oxygens (including phenoxy) is 2. The number of hydrogen-bond donors (Lipinski definition) is 1. The highest BCUT2D eigenvalue weighted by molar-refractivity contribution is 6.32. The van der Waals surface area contributed by atoms with Gasteiger partial charge >= 0.3 is 0 Å². The molecule has 2 aromatic carbocycles. The predicted molar refractivity (Wildman–Crippen MR) is 93.7 cm³/mol. The third-order valence-corrected chi connectivity index (χ3v) is 3.55. The van der Waals surface area contributed by atoms with E-state index in [4.69, 9.17) is 26.8 Å². The summed E-state index contributed by atoms with van der Waals surface area (Å²) in [5.41, 5.74) is 6.42. The Morgan fingerprint density at radius 1 is 1.28 bits per heavy atom. The molecule has 25 heavy (non-hydrogen) atoms. The molecule has 0 atom stereocenters. The second-order valence-corrected chi connectivity index (χ2v) is 5.37. The highest BCUT2D eigenvalue weighted by Crippen LogP contribution is 2.30. The number of nitrogens with two attached hydrogens (primary N) is 1. The van der Waals surface area contributed by atoms with E-state index in [1.807, 2.05) is 0 Å². The molecule has 0 aliphatic rings. The summed E-state index contributed by atoms with van der Waals surface area (Å²) in [6, 6.07) is 9.24. The predicted octanol–water partition coefficient (Wildman–Crippen LogP) is 3.33. The Labute approximate surface area is 148 Å². The van der Waals surface area contributed by atoms with Gasteiger partial charge in [0.15, 0.2) is 0 Å². The zero-order chi connectivity index (χ0) is 18.4. The van der Waals surface area contributed by atoms with Crippen LogP contribution in [0, 0.1) is 10.1 Å². The van der Waals surface area contributed by atoms with Gasteiger partial charge in [0.25, 0.3) is 5.69 Å². The highest BCUT2D eigenvalue weighted by atomic mass is 35.5. The number of methoxy groups -OCH3 is 1. The lowest BCUT2D eigenvalue weighted by Gasteiger charge is -2.12. The third kappa shape index (κ3) is 4.95. The van der Waals surface area contributed by atoms with Gasteiger partial charge in [0, 0.05) is 23.8 Å². The second kappa shape index (κ2) is 8.16. The minimum Gasteiger partial charge on any atom is -0.496 e. The van der Waals surface area contributed by atoms with Crippen LogP contribution in [0.15, 0.2) is 42.5 Å². The number of halogens is 1. The molecule has 7 nitrogen and oxygen atoms in total. The van der Waals surface area contributed by atoms with Crippen LogP contribution < -0.4 is 15.2 Å². The Kier molecular flexibility index (Phi) is 5.97. The molecular formula is C17H15ClN2O5. The average molecular weight is 363 g/mol. The number of primary amides is 1. The average Bonchev–Trinajstić information content (AvgIpc) is 2.58. The Morgan fingerprint density at radius 2 is 2.00 bits per heavy atom. The molecule has 2 rings (SSSR count). The Morgan fingerprint density at radius 3 is 2.60 bits per heavy atom. The lowest BCUT2D eigenvalue weighted by Crippen LogP contribution is -2.05. The Bertz CT molecular complexity index is 836. The molecule has 0 unspecified atom stereocenters. The van der Waals surface area contributed by atoms with Gasteiger partial charge in [-0.25, -0.2) is 0 Å². The van der Waals surface area contributed by atoms with E-state index in [2.05, 4.69) is 0 Å². The number of benzene rings is 2. The van der Waals surface area contributed by atoms with E-state index in [1.54, 1.807) is 24.3 Å². The number of non-ortho nitro benzene ring substituents is 1. The summed E-state index contributed by atoms with van der Waals surface area (Å²) in [5, 5.41) is 10.9. The van der Waals surface area contributed by atoms with Crippen LogP contribution in [-0.4, -0.2) is 17.9 Å². The van der Waals surface area contributed by atoms with E-state index in [9.17, 15) is 14.9 Å². The smallest absolute Gasteiger partial charge is 0.271 e. The first kappa shape index (κ1) is 18.3. The molecule has 0 saturated heterocycles. The Balaban J connectivity index is 2.20. The van der Waals surface area contributed by atoms with Crippen LogP contribution >= 0.6 is 11.6 Å². The molecule has 0 aliphatic carbocycles. The summed E-state index contributed by atoms with van der Waals surface area (Å²) in [6.07, 6.45) is 2.82. The fourth-order valence-corrected chi connectivity index (χ4v) is 2.30.